The number of carbonyl (C=O) groups is 1. The van der Waals surface area contributed by atoms with E-state index < -0.39 is 21.2 Å². The molecule has 0 aliphatic carbocycles. The van der Waals surface area contributed by atoms with Crippen LogP contribution in [-0.4, -0.2) is 3.79 Å². The van der Waals surface area contributed by atoms with E-state index in [-0.39, 0.29) is 0 Å². The topological polar surface area (TPSA) is 17.1 Å². The molecule has 0 amide bonds. The third kappa shape index (κ3) is 14.5. The predicted octanol–water partition coefficient (Wildman–Crippen LogP) is 4.39. The minimum absolute atomic E-state index is 0.426. The second kappa shape index (κ2) is 15.8. The summed E-state index contributed by atoms with van der Waals surface area (Å²) in [6.45, 7) is 19.2. The molecule has 0 heterocycles. The predicted molar refractivity (Wildman–Crippen MR) is 109 cm³/mol. The van der Waals surface area contributed by atoms with E-state index in [2.05, 4.69) is 52.8 Å². The second-order valence-electron chi connectivity index (χ2n) is 7.01. The molecule has 1 aromatic carbocycles. The fourth-order valence-electron chi connectivity index (χ4n) is 2.29. The Kier molecular flexibility index (Phi) is 17.0. The van der Waals surface area contributed by atoms with Crippen molar-refractivity contribution >= 4 is 3.79 Å². The van der Waals surface area contributed by atoms with Crippen molar-refractivity contribution in [2.75, 3.05) is 0 Å². The third-order valence-corrected chi connectivity index (χ3v) is 6.57. The van der Waals surface area contributed by atoms with E-state index in [4.69, 9.17) is 0 Å². The summed E-state index contributed by atoms with van der Waals surface area (Å²) in [6, 6.07) is 6.60. The SMILES string of the molecule is CC.CC.CCc1ccc([I-]C(=O)CCCCCC(C)(C)C)c(C)c1. The number of hydrogen-bond donors (Lipinski definition) is 0. The van der Waals surface area contributed by atoms with Gasteiger partial charge in [-0.15, -0.1) is 0 Å². The Morgan fingerprint density at radius 1 is 1.00 bits per heavy atom. The maximum atomic E-state index is 12.1. The first kappa shape index (κ1) is 26.8. The summed E-state index contributed by atoms with van der Waals surface area (Å²) in [5, 5.41) is 0. The van der Waals surface area contributed by atoms with E-state index in [1.54, 1.807) is 0 Å². The van der Waals surface area contributed by atoms with Crippen LogP contribution in [0, 0.1) is 15.9 Å². The van der Waals surface area contributed by atoms with Gasteiger partial charge in [-0.25, -0.2) is 0 Å². The van der Waals surface area contributed by atoms with Gasteiger partial charge in [-0.2, -0.15) is 0 Å². The first-order valence-corrected chi connectivity index (χ1v) is 12.2. The Morgan fingerprint density at radius 2 is 1.60 bits per heavy atom. The summed E-state index contributed by atoms with van der Waals surface area (Å²) in [6.07, 6.45) is 6.63. The van der Waals surface area contributed by atoms with Gasteiger partial charge in [0.2, 0.25) is 0 Å². The molecule has 0 radical (unpaired) electrons. The van der Waals surface area contributed by atoms with Crippen LogP contribution in [0.3, 0.4) is 0 Å². The Hall–Kier alpha value is -0.380. The summed E-state index contributed by atoms with van der Waals surface area (Å²) < 4.78 is 1.81. The fourth-order valence-corrected chi connectivity index (χ4v) is 4.53. The van der Waals surface area contributed by atoms with E-state index >= 15 is 0 Å². The van der Waals surface area contributed by atoms with Crippen molar-refractivity contribution in [1.82, 2.24) is 0 Å². The molecule has 0 aliphatic heterocycles. The van der Waals surface area contributed by atoms with Gasteiger partial charge in [0, 0.05) is 0 Å². The molecular weight excluding hydrogens is 419 g/mol. The van der Waals surface area contributed by atoms with Crippen LogP contribution in [0.4, 0.5) is 0 Å². The molecule has 0 aromatic heterocycles. The number of aryl methyl sites for hydroxylation is 2. The van der Waals surface area contributed by atoms with Gasteiger partial charge in [0.25, 0.3) is 0 Å². The van der Waals surface area contributed by atoms with Gasteiger partial charge in [-0.1, -0.05) is 27.7 Å². The van der Waals surface area contributed by atoms with Crippen molar-refractivity contribution in [3.05, 3.63) is 32.9 Å². The van der Waals surface area contributed by atoms with Crippen molar-refractivity contribution < 1.29 is 26.0 Å². The molecule has 2 heteroatoms. The van der Waals surface area contributed by atoms with E-state index in [0.717, 1.165) is 19.3 Å². The van der Waals surface area contributed by atoms with Crippen LogP contribution in [0.1, 0.15) is 98.6 Å². The van der Waals surface area contributed by atoms with Crippen molar-refractivity contribution in [2.45, 2.75) is 101 Å². The van der Waals surface area contributed by atoms with Crippen molar-refractivity contribution in [2.24, 2.45) is 5.41 Å². The molecule has 0 unspecified atom stereocenters. The Morgan fingerprint density at radius 3 is 2.08 bits per heavy atom. The third-order valence-electron chi connectivity index (χ3n) is 3.64. The zero-order valence-corrected chi connectivity index (χ0v) is 20.4. The zero-order valence-electron chi connectivity index (χ0n) is 18.3. The van der Waals surface area contributed by atoms with Crippen molar-refractivity contribution in [1.29, 1.82) is 0 Å². The number of hydrogen-bond acceptors (Lipinski definition) is 1. The molecule has 0 fully saturated rings. The monoisotopic (exact) mass is 461 g/mol. The molecule has 0 atom stereocenters. The van der Waals surface area contributed by atoms with Crippen LogP contribution in [0.2, 0.25) is 0 Å². The summed E-state index contributed by atoms with van der Waals surface area (Å²) in [5.74, 6) is 0. The average Bonchev–Trinajstić information content (AvgIpc) is 2.59. The summed E-state index contributed by atoms with van der Waals surface area (Å²) >= 11 is -0.460. The second-order valence-corrected chi connectivity index (χ2v) is 9.91. The summed E-state index contributed by atoms with van der Waals surface area (Å²) in [7, 11) is 0. The van der Waals surface area contributed by atoms with Crippen LogP contribution in [0.15, 0.2) is 18.2 Å². The number of unbranched alkanes of at least 4 members (excludes halogenated alkanes) is 2. The van der Waals surface area contributed by atoms with Crippen LogP contribution in [0.5, 0.6) is 0 Å². The van der Waals surface area contributed by atoms with Gasteiger partial charge in [0.1, 0.15) is 0 Å². The van der Waals surface area contributed by atoms with Crippen molar-refractivity contribution in [3.63, 3.8) is 0 Å². The van der Waals surface area contributed by atoms with Gasteiger partial charge in [-0.3, -0.25) is 0 Å². The molecule has 25 heavy (non-hydrogen) atoms. The fraction of sp³-hybridized carbons (Fsp3) is 0.696. The maximum absolute atomic E-state index is 12.1. The normalized spacial score (nSPS) is 10.4. The number of rotatable bonds is 8. The Balaban J connectivity index is 0. The summed E-state index contributed by atoms with van der Waals surface area (Å²) in [5.41, 5.74) is 3.10. The molecule has 1 rings (SSSR count). The van der Waals surface area contributed by atoms with Gasteiger partial charge < -0.3 is 0 Å². The van der Waals surface area contributed by atoms with Gasteiger partial charge in [0.15, 0.2) is 0 Å². The molecule has 0 bridgehead atoms. The quantitative estimate of drug-likeness (QED) is 0.319. The minimum atomic E-state index is -0.460. The molecule has 0 N–H and O–H groups in total. The van der Waals surface area contributed by atoms with Gasteiger partial charge in [-0.05, 0) is 0 Å². The first-order chi connectivity index (χ1) is 11.8. The molecule has 0 spiro atoms. The number of carbonyl (C=O) groups excluding carboxylic acids is 1. The van der Waals surface area contributed by atoms with Crippen LogP contribution in [-0.2, 0) is 11.2 Å². The van der Waals surface area contributed by atoms with Crippen LogP contribution < -0.4 is 21.2 Å². The molecule has 0 saturated carbocycles. The van der Waals surface area contributed by atoms with E-state index in [9.17, 15) is 4.79 Å². The Labute approximate surface area is 168 Å². The number of halogens is 1. The zero-order chi connectivity index (χ0) is 19.9. The Bertz CT molecular complexity index is 458. The van der Waals surface area contributed by atoms with Gasteiger partial charge >= 0.3 is 141 Å². The molecule has 148 valence electrons. The molecule has 1 aromatic rings. The van der Waals surface area contributed by atoms with E-state index in [1.165, 1.54) is 34.0 Å². The molecule has 0 aliphatic rings. The van der Waals surface area contributed by atoms with E-state index in [0.29, 0.717) is 9.20 Å². The van der Waals surface area contributed by atoms with Crippen LogP contribution >= 0.6 is 0 Å². The standard InChI is InChI=1S/C19H30IO.2C2H6/c1-6-16-11-12-17(15(2)14-16)20-18(21)10-8-7-9-13-19(3,4)5;2*1-2/h11-12,14H,6-10,13H2,1-5H3;2*1-2H3/q-1;;. The summed E-state index contributed by atoms with van der Waals surface area (Å²) in [4.78, 5) is 12.1. The average molecular weight is 461 g/mol. The molecular formula is C23H42IO-. The molecule has 0 saturated heterocycles. The first-order valence-electron chi connectivity index (χ1n) is 10.1. The van der Waals surface area contributed by atoms with Crippen molar-refractivity contribution in [3.8, 4) is 0 Å². The van der Waals surface area contributed by atoms with E-state index in [1.807, 2.05) is 27.7 Å². The molecule has 1 nitrogen and oxygen atoms in total. The van der Waals surface area contributed by atoms with Crippen LogP contribution in [0.25, 0.3) is 0 Å². The van der Waals surface area contributed by atoms with Gasteiger partial charge in [0.05, 0.1) is 0 Å². The number of benzene rings is 1.